The fourth-order valence-electron chi connectivity index (χ4n) is 6.35. The summed E-state index contributed by atoms with van der Waals surface area (Å²) in [6.07, 6.45) is 1.17. The van der Waals surface area contributed by atoms with E-state index in [0.717, 1.165) is 22.3 Å². The van der Waals surface area contributed by atoms with Crippen molar-refractivity contribution in [3.63, 3.8) is 0 Å². The Kier molecular flexibility index (Phi) is 6.98. The van der Waals surface area contributed by atoms with Gasteiger partial charge in [-0.2, -0.15) is 8.61 Å². The molecule has 7 rings (SSSR count). The molecule has 2 heterocycles. The summed E-state index contributed by atoms with van der Waals surface area (Å²) in [5.41, 5.74) is 6.36. The van der Waals surface area contributed by atoms with Crippen LogP contribution in [0, 0.1) is 4.91 Å². The molecule has 2 aliphatic heterocycles. The number of nitrogens with one attached hydrogen (secondary N) is 1. The zero-order chi connectivity index (χ0) is 30.6. The van der Waals surface area contributed by atoms with E-state index in [-0.39, 0.29) is 50.4 Å². The van der Waals surface area contributed by atoms with E-state index in [4.69, 9.17) is 0 Å². The molecule has 10 nitrogen and oxygen atoms in total. The van der Waals surface area contributed by atoms with Gasteiger partial charge in [-0.1, -0.05) is 60.7 Å². The topological polar surface area (TPSA) is 136 Å². The van der Waals surface area contributed by atoms with Crippen molar-refractivity contribution < 1.29 is 22.0 Å². The van der Waals surface area contributed by atoms with Gasteiger partial charge in [0, 0.05) is 47.7 Å². The number of sulfonamides is 2. The van der Waals surface area contributed by atoms with Gasteiger partial charge in [0.05, 0.1) is 15.5 Å². The maximum atomic E-state index is 13.7. The van der Waals surface area contributed by atoms with Gasteiger partial charge < -0.3 is 0 Å². The lowest BCUT2D eigenvalue weighted by Gasteiger charge is -2.28. The molecule has 2 aliphatic rings. The lowest BCUT2D eigenvalue weighted by molar-refractivity contribution is 0.390. The lowest BCUT2D eigenvalue weighted by atomic mass is 9.99. The minimum Gasteiger partial charge on any atom is -0.291 e. The molecule has 0 atom stereocenters. The molecule has 0 fully saturated rings. The number of anilines is 1. The van der Waals surface area contributed by atoms with E-state index in [1.165, 1.54) is 45.0 Å². The minimum atomic E-state index is -3.93. The second kappa shape index (κ2) is 10.8. The van der Waals surface area contributed by atoms with E-state index in [1.54, 1.807) is 0 Å². The predicted molar refractivity (Wildman–Crippen MR) is 168 cm³/mol. The first-order valence-electron chi connectivity index (χ1n) is 14.1. The minimum absolute atomic E-state index is 0.00153. The first-order chi connectivity index (χ1) is 21.2. The van der Waals surface area contributed by atoms with Gasteiger partial charge in [0.15, 0.2) is 0 Å². The molecule has 0 aliphatic carbocycles. The Morgan fingerprint density at radius 3 is 1.59 bits per heavy atom. The molecule has 0 spiro atoms. The maximum Gasteiger partial charge on any atom is 0.243 e. The standard InChI is InChI=1S/C32H28N4O6S2/c37-33-31-28-12-10-26(44(41,42)36-16-14-22-6-2-4-8-24(22)20-36)18-30(28)32(34-38)27-11-9-25(17-29(27)31)43(39,40)35-15-13-21-5-1-3-7-23(21)19-35/h1-12,17-18,33,37H,13-16,19-20H2. The molecule has 5 aromatic carbocycles. The van der Waals surface area contributed by atoms with Crippen molar-refractivity contribution in [3.05, 3.63) is 112 Å². The van der Waals surface area contributed by atoms with Gasteiger partial charge in [-0.3, -0.25) is 10.7 Å². The van der Waals surface area contributed by atoms with Crippen LogP contribution in [0.25, 0.3) is 21.5 Å². The van der Waals surface area contributed by atoms with Gasteiger partial charge in [-0.05, 0) is 64.5 Å². The Labute approximate surface area is 254 Å². The van der Waals surface area contributed by atoms with Gasteiger partial charge in [0.25, 0.3) is 0 Å². The molecule has 0 unspecified atom stereocenters. The fourth-order valence-corrected chi connectivity index (χ4v) is 9.24. The highest BCUT2D eigenvalue weighted by Crippen LogP contribution is 2.43. The van der Waals surface area contributed by atoms with Gasteiger partial charge in [-0.25, -0.2) is 16.8 Å². The molecular weight excluding hydrogens is 601 g/mol. The van der Waals surface area contributed by atoms with Crippen LogP contribution < -0.4 is 5.48 Å². The third-order valence-electron chi connectivity index (χ3n) is 8.70. The molecule has 0 aromatic heterocycles. The number of rotatable bonds is 6. The van der Waals surface area contributed by atoms with Crippen molar-refractivity contribution in [1.82, 2.24) is 8.61 Å². The van der Waals surface area contributed by atoms with E-state index in [0.29, 0.717) is 31.3 Å². The molecule has 2 N–H and O–H groups in total. The van der Waals surface area contributed by atoms with E-state index in [2.05, 4.69) is 10.7 Å². The first-order valence-corrected chi connectivity index (χ1v) is 17.0. The van der Waals surface area contributed by atoms with Crippen molar-refractivity contribution in [2.75, 3.05) is 18.6 Å². The molecule has 5 aromatic rings. The van der Waals surface area contributed by atoms with E-state index >= 15 is 0 Å². The number of nitrogens with zero attached hydrogens (tertiary/aromatic N) is 3. The molecular formula is C32H28N4O6S2. The van der Waals surface area contributed by atoms with Crippen LogP contribution in [0.4, 0.5) is 11.4 Å². The van der Waals surface area contributed by atoms with Crippen LogP contribution in [0.15, 0.2) is 99.9 Å². The van der Waals surface area contributed by atoms with Gasteiger partial charge in [0.1, 0.15) is 5.69 Å². The Bertz CT molecular complexity index is 2200. The average Bonchev–Trinajstić information content (AvgIpc) is 3.06. The lowest BCUT2D eigenvalue weighted by Crippen LogP contribution is -2.35. The molecule has 0 saturated carbocycles. The number of hydrogen-bond donors (Lipinski definition) is 2. The Hall–Kier alpha value is -4.20. The highest BCUT2D eigenvalue weighted by molar-refractivity contribution is 7.89. The van der Waals surface area contributed by atoms with Gasteiger partial charge in [-0.15, -0.1) is 4.91 Å². The summed E-state index contributed by atoms with van der Waals surface area (Å²) in [6.45, 7) is 1.11. The maximum absolute atomic E-state index is 13.7. The van der Waals surface area contributed by atoms with Crippen LogP contribution in [0.3, 0.4) is 0 Å². The summed E-state index contributed by atoms with van der Waals surface area (Å²) >= 11 is 0. The molecule has 0 amide bonds. The summed E-state index contributed by atoms with van der Waals surface area (Å²) in [4.78, 5) is 12.3. The van der Waals surface area contributed by atoms with Crippen LogP contribution in [-0.4, -0.2) is 43.7 Å². The van der Waals surface area contributed by atoms with E-state index in [9.17, 15) is 26.9 Å². The highest BCUT2D eigenvalue weighted by Gasteiger charge is 2.31. The van der Waals surface area contributed by atoms with E-state index in [1.807, 2.05) is 48.5 Å². The van der Waals surface area contributed by atoms with Crippen molar-refractivity contribution in [2.24, 2.45) is 5.18 Å². The molecule has 224 valence electrons. The van der Waals surface area contributed by atoms with Crippen LogP contribution in [0.1, 0.15) is 22.3 Å². The average molecular weight is 629 g/mol. The molecule has 0 radical (unpaired) electrons. The summed E-state index contributed by atoms with van der Waals surface area (Å²) in [5.74, 6) is 0. The Balaban J connectivity index is 1.31. The zero-order valence-electron chi connectivity index (χ0n) is 23.5. The van der Waals surface area contributed by atoms with Crippen molar-refractivity contribution in [2.45, 2.75) is 35.7 Å². The normalized spacial score (nSPS) is 16.0. The largest absolute Gasteiger partial charge is 0.291 e. The first kappa shape index (κ1) is 28.6. The van der Waals surface area contributed by atoms with Crippen LogP contribution >= 0.6 is 0 Å². The second-order valence-corrected chi connectivity index (χ2v) is 14.9. The number of benzene rings is 5. The van der Waals surface area contributed by atoms with Crippen molar-refractivity contribution >= 4 is 53.0 Å². The SMILES string of the molecule is O=Nc1c2cc(S(=O)(=O)N3CCc4ccccc4C3)ccc2c(NO)c2cc(S(=O)(=O)N3CCc4ccccc4C3)ccc12. The van der Waals surface area contributed by atoms with E-state index < -0.39 is 20.0 Å². The Morgan fingerprint density at radius 2 is 1.09 bits per heavy atom. The quantitative estimate of drug-likeness (QED) is 0.140. The molecule has 0 saturated heterocycles. The van der Waals surface area contributed by atoms with Crippen LogP contribution in [0.2, 0.25) is 0 Å². The van der Waals surface area contributed by atoms with Crippen LogP contribution in [-0.2, 0) is 46.0 Å². The summed E-state index contributed by atoms with van der Waals surface area (Å²) in [7, 11) is -7.86. The van der Waals surface area contributed by atoms with Gasteiger partial charge in [0.2, 0.25) is 20.0 Å². The monoisotopic (exact) mass is 628 g/mol. The highest BCUT2D eigenvalue weighted by atomic mass is 32.2. The molecule has 12 heteroatoms. The summed E-state index contributed by atoms with van der Waals surface area (Å²) in [5, 5.41) is 14.5. The van der Waals surface area contributed by atoms with Crippen molar-refractivity contribution in [3.8, 4) is 0 Å². The van der Waals surface area contributed by atoms with Gasteiger partial charge >= 0.3 is 0 Å². The van der Waals surface area contributed by atoms with Crippen molar-refractivity contribution in [1.29, 1.82) is 0 Å². The summed E-state index contributed by atoms with van der Waals surface area (Å²) < 4.78 is 57.7. The third kappa shape index (κ3) is 4.57. The predicted octanol–water partition coefficient (Wildman–Crippen LogP) is 5.69. The third-order valence-corrected chi connectivity index (χ3v) is 12.4. The summed E-state index contributed by atoms with van der Waals surface area (Å²) in [6, 6.07) is 24.0. The fraction of sp³-hybridized carbons (Fsp3) is 0.188. The number of hydrogen-bond acceptors (Lipinski definition) is 8. The number of nitroso groups, excluding NO2 is 1. The number of fused-ring (bicyclic) bond motifs is 4. The Morgan fingerprint density at radius 1 is 0.614 bits per heavy atom. The zero-order valence-corrected chi connectivity index (χ0v) is 25.1. The second-order valence-electron chi connectivity index (χ2n) is 11.1. The van der Waals surface area contributed by atoms with Crippen LogP contribution in [0.5, 0.6) is 0 Å². The molecule has 44 heavy (non-hydrogen) atoms. The smallest absolute Gasteiger partial charge is 0.243 e. The molecule has 0 bridgehead atoms.